The first-order valence-electron chi connectivity index (χ1n) is 9.96. The lowest BCUT2D eigenvalue weighted by atomic mass is 9.96. The summed E-state index contributed by atoms with van der Waals surface area (Å²) >= 11 is 0. The largest absolute Gasteiger partial charge is 0.352 e. The standard InChI is InChI=1S/C20H30N2O3S/c23-20(21-17-11-5-2-1-3-6-12-17)19-15-9-10-16-22(19)26(24,25)18-13-7-4-8-14-18/h4,7-8,13-14,17,19H,1-3,5-6,9-12,15-16H2,(H,21,23). The van der Waals surface area contributed by atoms with E-state index >= 15 is 0 Å². The number of rotatable bonds is 4. The Balaban J connectivity index is 1.72. The number of hydrogen-bond acceptors (Lipinski definition) is 3. The third-order valence-corrected chi connectivity index (χ3v) is 7.48. The van der Waals surface area contributed by atoms with Crippen LogP contribution in [0.5, 0.6) is 0 Å². The van der Waals surface area contributed by atoms with Gasteiger partial charge in [0.15, 0.2) is 0 Å². The fraction of sp³-hybridized carbons (Fsp3) is 0.650. The maximum atomic E-state index is 13.0. The first-order chi connectivity index (χ1) is 12.6. The predicted octanol–water partition coefficient (Wildman–Crippen LogP) is 3.46. The molecule has 1 unspecified atom stereocenters. The summed E-state index contributed by atoms with van der Waals surface area (Å²) in [6, 6.07) is 8.06. The Kier molecular flexibility index (Phi) is 6.70. The van der Waals surface area contributed by atoms with E-state index in [9.17, 15) is 13.2 Å². The molecule has 0 bridgehead atoms. The molecule has 0 radical (unpaired) electrons. The van der Waals surface area contributed by atoms with Crippen molar-refractivity contribution < 1.29 is 13.2 Å². The van der Waals surface area contributed by atoms with Gasteiger partial charge in [0.2, 0.25) is 15.9 Å². The van der Waals surface area contributed by atoms with E-state index in [2.05, 4.69) is 5.32 Å². The molecule has 26 heavy (non-hydrogen) atoms. The summed E-state index contributed by atoms with van der Waals surface area (Å²) in [6.45, 7) is 0.417. The highest BCUT2D eigenvalue weighted by Gasteiger charge is 2.38. The molecule has 1 aromatic carbocycles. The van der Waals surface area contributed by atoms with Gasteiger partial charge >= 0.3 is 0 Å². The minimum Gasteiger partial charge on any atom is -0.352 e. The molecule has 6 heteroatoms. The van der Waals surface area contributed by atoms with Crippen molar-refractivity contribution in [3.05, 3.63) is 30.3 Å². The van der Waals surface area contributed by atoms with Crippen LogP contribution in [0.25, 0.3) is 0 Å². The van der Waals surface area contributed by atoms with Crippen LogP contribution < -0.4 is 5.32 Å². The fourth-order valence-electron chi connectivity index (χ4n) is 4.08. The Labute approximate surface area is 157 Å². The molecule has 3 rings (SSSR count). The molecule has 1 heterocycles. The number of amides is 1. The molecule has 1 saturated carbocycles. The van der Waals surface area contributed by atoms with Gasteiger partial charge in [-0.15, -0.1) is 0 Å². The Bertz CT molecular complexity index is 682. The van der Waals surface area contributed by atoms with E-state index in [0.717, 1.165) is 38.5 Å². The van der Waals surface area contributed by atoms with E-state index in [1.807, 2.05) is 0 Å². The summed E-state index contributed by atoms with van der Waals surface area (Å²) in [7, 11) is -3.64. The van der Waals surface area contributed by atoms with Crippen molar-refractivity contribution in [1.29, 1.82) is 0 Å². The summed E-state index contributed by atoms with van der Waals surface area (Å²) in [5.74, 6) is -0.116. The van der Waals surface area contributed by atoms with Gasteiger partial charge in [0.1, 0.15) is 6.04 Å². The minimum atomic E-state index is -3.64. The zero-order valence-electron chi connectivity index (χ0n) is 15.4. The summed E-state index contributed by atoms with van der Waals surface area (Å²) in [5.41, 5.74) is 0. The highest BCUT2D eigenvalue weighted by atomic mass is 32.2. The molecule has 1 N–H and O–H groups in total. The molecule has 5 nitrogen and oxygen atoms in total. The number of nitrogens with one attached hydrogen (secondary N) is 1. The van der Waals surface area contributed by atoms with Crippen LogP contribution in [0, 0.1) is 0 Å². The van der Waals surface area contributed by atoms with Crippen LogP contribution in [0.4, 0.5) is 0 Å². The Morgan fingerprint density at radius 3 is 2.19 bits per heavy atom. The van der Waals surface area contributed by atoms with Gasteiger partial charge in [0.05, 0.1) is 4.90 Å². The van der Waals surface area contributed by atoms with Crippen LogP contribution in [0.2, 0.25) is 0 Å². The molecule has 1 aliphatic carbocycles. The third kappa shape index (κ3) is 4.65. The van der Waals surface area contributed by atoms with Crippen molar-refractivity contribution in [3.8, 4) is 0 Å². The van der Waals surface area contributed by atoms with Gasteiger partial charge in [0.25, 0.3) is 0 Å². The van der Waals surface area contributed by atoms with Crippen LogP contribution in [0.1, 0.15) is 64.2 Å². The van der Waals surface area contributed by atoms with Crippen molar-refractivity contribution in [1.82, 2.24) is 9.62 Å². The van der Waals surface area contributed by atoms with Gasteiger partial charge in [-0.2, -0.15) is 4.31 Å². The molecule has 0 aromatic heterocycles. The average Bonchev–Trinajstić information content (AvgIpc) is 2.64. The Hall–Kier alpha value is -1.40. The molecule has 1 aliphatic heterocycles. The molecular weight excluding hydrogens is 348 g/mol. The quantitative estimate of drug-likeness (QED) is 0.872. The van der Waals surface area contributed by atoms with Crippen molar-refractivity contribution in [2.45, 2.75) is 81.2 Å². The van der Waals surface area contributed by atoms with Crippen LogP contribution >= 0.6 is 0 Å². The molecule has 1 aromatic rings. The highest BCUT2D eigenvalue weighted by Crippen LogP contribution is 2.26. The van der Waals surface area contributed by atoms with Crippen molar-refractivity contribution in [2.24, 2.45) is 0 Å². The monoisotopic (exact) mass is 378 g/mol. The molecule has 0 spiro atoms. The zero-order valence-corrected chi connectivity index (χ0v) is 16.2. The van der Waals surface area contributed by atoms with Gasteiger partial charge in [0, 0.05) is 12.6 Å². The lowest BCUT2D eigenvalue weighted by Gasteiger charge is -2.35. The van der Waals surface area contributed by atoms with Crippen LogP contribution in [-0.2, 0) is 14.8 Å². The number of nitrogens with zero attached hydrogens (tertiary/aromatic N) is 1. The SMILES string of the molecule is O=C(NC1CCCCCCC1)C1CCCCN1S(=O)(=O)c1ccccc1. The van der Waals surface area contributed by atoms with Gasteiger partial charge in [-0.25, -0.2) is 8.42 Å². The van der Waals surface area contributed by atoms with E-state index in [-0.39, 0.29) is 16.8 Å². The van der Waals surface area contributed by atoms with E-state index < -0.39 is 16.1 Å². The molecule has 2 fully saturated rings. The number of hydrogen-bond donors (Lipinski definition) is 1. The predicted molar refractivity (Wildman–Crippen MR) is 102 cm³/mol. The first-order valence-corrected chi connectivity index (χ1v) is 11.4. The molecule has 1 atom stereocenters. The maximum absolute atomic E-state index is 13.0. The average molecular weight is 379 g/mol. The van der Waals surface area contributed by atoms with Gasteiger partial charge in [-0.3, -0.25) is 4.79 Å². The zero-order chi connectivity index (χ0) is 18.4. The molecular formula is C20H30N2O3S. The van der Waals surface area contributed by atoms with E-state index in [0.29, 0.717) is 13.0 Å². The van der Waals surface area contributed by atoms with Crippen molar-refractivity contribution in [2.75, 3.05) is 6.54 Å². The smallest absolute Gasteiger partial charge is 0.243 e. The van der Waals surface area contributed by atoms with Gasteiger partial charge in [-0.05, 0) is 37.8 Å². The second-order valence-corrected chi connectivity index (χ2v) is 9.38. The number of sulfonamides is 1. The lowest BCUT2D eigenvalue weighted by molar-refractivity contribution is -0.126. The molecule has 1 saturated heterocycles. The summed E-state index contributed by atoms with van der Waals surface area (Å²) in [4.78, 5) is 13.2. The van der Waals surface area contributed by atoms with Crippen LogP contribution in [-0.4, -0.2) is 37.3 Å². The Morgan fingerprint density at radius 2 is 1.50 bits per heavy atom. The Morgan fingerprint density at radius 1 is 0.885 bits per heavy atom. The van der Waals surface area contributed by atoms with Gasteiger partial charge < -0.3 is 5.32 Å². The van der Waals surface area contributed by atoms with E-state index in [1.165, 1.54) is 23.6 Å². The minimum absolute atomic E-state index is 0.116. The van der Waals surface area contributed by atoms with E-state index in [1.54, 1.807) is 30.3 Å². The van der Waals surface area contributed by atoms with Crippen LogP contribution in [0.15, 0.2) is 35.2 Å². The second-order valence-electron chi connectivity index (χ2n) is 7.49. The van der Waals surface area contributed by atoms with Crippen molar-refractivity contribution in [3.63, 3.8) is 0 Å². The van der Waals surface area contributed by atoms with Gasteiger partial charge in [-0.1, -0.05) is 56.7 Å². The number of benzene rings is 1. The van der Waals surface area contributed by atoms with Crippen molar-refractivity contribution >= 4 is 15.9 Å². The summed E-state index contributed by atoms with van der Waals surface area (Å²) < 4.78 is 27.5. The summed E-state index contributed by atoms with van der Waals surface area (Å²) in [6.07, 6.45) is 10.3. The highest BCUT2D eigenvalue weighted by molar-refractivity contribution is 7.89. The number of carbonyl (C=O) groups excluding carboxylic acids is 1. The second kappa shape index (κ2) is 9.00. The molecule has 2 aliphatic rings. The topological polar surface area (TPSA) is 66.5 Å². The normalized spacial score (nSPS) is 23.8. The number of carbonyl (C=O) groups is 1. The molecule has 1 amide bonds. The fourth-order valence-corrected chi connectivity index (χ4v) is 5.76. The lowest BCUT2D eigenvalue weighted by Crippen LogP contribution is -2.53. The van der Waals surface area contributed by atoms with E-state index in [4.69, 9.17) is 0 Å². The van der Waals surface area contributed by atoms with Crippen LogP contribution in [0.3, 0.4) is 0 Å². The third-order valence-electron chi connectivity index (χ3n) is 5.56. The first kappa shape index (κ1) is 19.4. The summed E-state index contributed by atoms with van der Waals surface area (Å²) in [5, 5.41) is 3.16. The number of piperidine rings is 1. The molecule has 144 valence electrons. The maximum Gasteiger partial charge on any atom is 0.243 e.